The first-order valence-electron chi connectivity index (χ1n) is 4.77. The Morgan fingerprint density at radius 3 is 2.24 bits per heavy atom. The third kappa shape index (κ3) is 2.16. The summed E-state index contributed by atoms with van der Waals surface area (Å²) in [7, 11) is 0. The van der Waals surface area contributed by atoms with Crippen LogP contribution < -0.4 is 0 Å². The smallest absolute Gasteiger partial charge is 0.360 e. The summed E-state index contributed by atoms with van der Waals surface area (Å²) in [5.74, 6) is 0. The Hall–Kier alpha value is -2.22. The fraction of sp³-hybridized carbons (Fsp3) is 0.0833. The van der Waals surface area contributed by atoms with Gasteiger partial charge in [-0.3, -0.25) is 0 Å². The average Bonchev–Trinajstić information content (AvgIpc) is 2.76. The lowest BCUT2D eigenvalue weighted by molar-refractivity contribution is -0.137. The lowest BCUT2D eigenvalue weighted by Gasteiger charge is -2.07. The molecule has 17 heavy (non-hydrogen) atoms. The first-order chi connectivity index (χ1) is 8.02. The van der Waals surface area contributed by atoms with Crippen LogP contribution in [0.2, 0.25) is 0 Å². The Labute approximate surface area is 95.3 Å². The maximum atomic E-state index is 12.3. The molecule has 0 fully saturated rings. The predicted octanol–water partition coefficient (Wildman–Crippen LogP) is 3.57. The molecule has 86 valence electrons. The van der Waals surface area contributed by atoms with Crippen molar-refractivity contribution in [3.05, 3.63) is 47.7 Å². The lowest BCUT2D eigenvalue weighted by Crippen LogP contribution is -2.04. The van der Waals surface area contributed by atoms with E-state index in [4.69, 9.17) is 5.26 Å². The van der Waals surface area contributed by atoms with Crippen molar-refractivity contribution in [3.63, 3.8) is 0 Å². The highest BCUT2D eigenvalue weighted by Gasteiger charge is 2.30. The van der Waals surface area contributed by atoms with Crippen molar-refractivity contribution in [1.29, 1.82) is 5.26 Å². The fourth-order valence-corrected chi connectivity index (χ4v) is 1.53. The average molecular weight is 236 g/mol. The molecule has 0 saturated heterocycles. The summed E-state index contributed by atoms with van der Waals surface area (Å²) >= 11 is 0. The summed E-state index contributed by atoms with van der Waals surface area (Å²) in [6.07, 6.45) is -2.77. The molecule has 2 aromatic rings. The van der Waals surface area contributed by atoms with Crippen molar-refractivity contribution in [1.82, 2.24) is 4.98 Å². The number of nitrogens with zero attached hydrogens (tertiary/aromatic N) is 1. The number of halogens is 3. The van der Waals surface area contributed by atoms with Crippen molar-refractivity contribution in [2.24, 2.45) is 0 Å². The van der Waals surface area contributed by atoms with E-state index in [1.165, 1.54) is 12.1 Å². The van der Waals surface area contributed by atoms with E-state index < -0.39 is 11.7 Å². The Morgan fingerprint density at radius 2 is 1.71 bits per heavy atom. The zero-order chi connectivity index (χ0) is 12.5. The molecule has 0 radical (unpaired) electrons. The van der Waals surface area contributed by atoms with Gasteiger partial charge < -0.3 is 4.98 Å². The highest BCUT2D eigenvalue weighted by Crippen LogP contribution is 2.31. The second kappa shape index (κ2) is 3.98. The van der Waals surface area contributed by atoms with Crippen LogP contribution in [0.25, 0.3) is 11.3 Å². The molecule has 0 aliphatic heterocycles. The number of H-pyrrole nitrogens is 1. The van der Waals surface area contributed by atoms with Crippen LogP contribution in [0, 0.1) is 11.3 Å². The van der Waals surface area contributed by atoms with Crippen LogP contribution in [0.4, 0.5) is 13.2 Å². The summed E-state index contributed by atoms with van der Waals surface area (Å²) in [4.78, 5) is 2.83. The number of aromatic amines is 1. The van der Waals surface area contributed by atoms with Gasteiger partial charge in [-0.25, -0.2) is 0 Å². The van der Waals surface area contributed by atoms with Crippen LogP contribution in [-0.4, -0.2) is 4.98 Å². The number of hydrogen-bond donors (Lipinski definition) is 1. The van der Waals surface area contributed by atoms with Gasteiger partial charge in [0.25, 0.3) is 0 Å². The third-order valence-electron chi connectivity index (χ3n) is 2.37. The maximum Gasteiger partial charge on any atom is 0.416 e. The van der Waals surface area contributed by atoms with Crippen molar-refractivity contribution in [2.75, 3.05) is 0 Å². The maximum absolute atomic E-state index is 12.3. The topological polar surface area (TPSA) is 39.6 Å². The number of alkyl halides is 3. The van der Waals surface area contributed by atoms with E-state index in [-0.39, 0.29) is 0 Å². The number of nitrogens with one attached hydrogen (secondary N) is 1. The van der Waals surface area contributed by atoms with Crippen LogP contribution in [0.5, 0.6) is 0 Å². The molecule has 1 aromatic carbocycles. The van der Waals surface area contributed by atoms with Crippen LogP contribution in [-0.2, 0) is 6.18 Å². The van der Waals surface area contributed by atoms with Gasteiger partial charge in [0.2, 0.25) is 0 Å². The second-order valence-electron chi connectivity index (χ2n) is 3.45. The highest BCUT2D eigenvalue weighted by molar-refractivity contribution is 5.67. The normalized spacial score (nSPS) is 11.2. The summed E-state index contributed by atoms with van der Waals surface area (Å²) < 4.78 is 37.0. The number of rotatable bonds is 1. The van der Waals surface area contributed by atoms with Gasteiger partial charge in [0.05, 0.1) is 16.8 Å². The number of nitriles is 1. The number of aromatic nitrogens is 1. The quantitative estimate of drug-likeness (QED) is 0.807. The fourth-order valence-electron chi connectivity index (χ4n) is 1.53. The third-order valence-corrected chi connectivity index (χ3v) is 2.37. The molecular formula is C12H7F3N2. The van der Waals surface area contributed by atoms with Gasteiger partial charge in [0.15, 0.2) is 0 Å². The molecule has 0 unspecified atom stereocenters. The standard InChI is InChI=1S/C12H7F3N2/c13-12(14,15)10-3-1-8(2-4-10)11-9(7-16)5-6-17-11/h1-6,17H. The Balaban J connectivity index is 2.40. The molecule has 0 spiro atoms. The van der Waals surface area contributed by atoms with E-state index in [9.17, 15) is 13.2 Å². The molecule has 0 bridgehead atoms. The molecule has 0 saturated carbocycles. The molecule has 0 atom stereocenters. The minimum Gasteiger partial charge on any atom is -0.360 e. The zero-order valence-electron chi connectivity index (χ0n) is 8.55. The summed E-state index contributed by atoms with van der Waals surface area (Å²) in [6.45, 7) is 0. The molecule has 0 aliphatic rings. The highest BCUT2D eigenvalue weighted by atomic mass is 19.4. The molecule has 2 nitrogen and oxygen atoms in total. The van der Waals surface area contributed by atoms with Crippen molar-refractivity contribution in [2.45, 2.75) is 6.18 Å². The van der Waals surface area contributed by atoms with Crippen molar-refractivity contribution >= 4 is 0 Å². The predicted molar refractivity (Wildman–Crippen MR) is 55.9 cm³/mol. The minimum atomic E-state index is -4.34. The van der Waals surface area contributed by atoms with E-state index in [1.807, 2.05) is 6.07 Å². The first kappa shape index (κ1) is 11.3. The Kier molecular flexibility index (Phi) is 2.64. The van der Waals surface area contributed by atoms with Crippen molar-refractivity contribution < 1.29 is 13.2 Å². The molecule has 1 heterocycles. The van der Waals surface area contributed by atoms with Gasteiger partial charge in [0.1, 0.15) is 6.07 Å². The van der Waals surface area contributed by atoms with Crippen LogP contribution in [0.15, 0.2) is 36.5 Å². The van der Waals surface area contributed by atoms with E-state index in [2.05, 4.69) is 4.98 Å². The zero-order valence-corrected chi connectivity index (χ0v) is 8.55. The number of benzene rings is 1. The Bertz CT molecular complexity index is 559. The minimum absolute atomic E-state index is 0.407. The van der Waals surface area contributed by atoms with Gasteiger partial charge in [-0.2, -0.15) is 18.4 Å². The van der Waals surface area contributed by atoms with E-state index in [0.29, 0.717) is 16.8 Å². The molecule has 1 aromatic heterocycles. The van der Waals surface area contributed by atoms with Gasteiger partial charge in [-0.1, -0.05) is 12.1 Å². The van der Waals surface area contributed by atoms with Crippen LogP contribution in [0.3, 0.4) is 0 Å². The molecule has 0 aliphatic carbocycles. The largest absolute Gasteiger partial charge is 0.416 e. The van der Waals surface area contributed by atoms with Crippen LogP contribution >= 0.6 is 0 Å². The van der Waals surface area contributed by atoms with Crippen molar-refractivity contribution in [3.8, 4) is 17.3 Å². The van der Waals surface area contributed by atoms with Gasteiger partial charge in [0, 0.05) is 6.20 Å². The molecule has 1 N–H and O–H groups in total. The molecule has 5 heteroatoms. The monoisotopic (exact) mass is 236 g/mol. The molecule has 2 rings (SSSR count). The summed E-state index contributed by atoms with van der Waals surface area (Å²) in [5.41, 5.74) is 0.789. The first-order valence-corrected chi connectivity index (χ1v) is 4.77. The SMILES string of the molecule is N#Cc1cc[nH]c1-c1ccc(C(F)(F)F)cc1. The molecular weight excluding hydrogens is 229 g/mol. The lowest BCUT2D eigenvalue weighted by atomic mass is 10.1. The Morgan fingerprint density at radius 1 is 1.06 bits per heavy atom. The second-order valence-corrected chi connectivity index (χ2v) is 3.45. The molecule has 0 amide bonds. The van der Waals surface area contributed by atoms with Gasteiger partial charge >= 0.3 is 6.18 Å². The number of hydrogen-bond acceptors (Lipinski definition) is 1. The summed E-state index contributed by atoms with van der Waals surface area (Å²) in [6, 6.07) is 8.22. The van der Waals surface area contributed by atoms with E-state index >= 15 is 0 Å². The van der Waals surface area contributed by atoms with Crippen LogP contribution in [0.1, 0.15) is 11.1 Å². The van der Waals surface area contributed by atoms with E-state index in [0.717, 1.165) is 12.1 Å². The summed E-state index contributed by atoms with van der Waals surface area (Å²) in [5, 5.41) is 8.80. The van der Waals surface area contributed by atoms with Gasteiger partial charge in [-0.15, -0.1) is 0 Å². The van der Waals surface area contributed by atoms with E-state index in [1.54, 1.807) is 12.3 Å². The van der Waals surface area contributed by atoms with Gasteiger partial charge in [-0.05, 0) is 23.8 Å².